The Hall–Kier alpha value is -2.44. The molecule has 1 atom stereocenters. The summed E-state index contributed by atoms with van der Waals surface area (Å²) in [6.07, 6.45) is 3.79. The SMILES string of the molecule is COc1cc(C)c(NC(=O)[C@H]2CCCN(C(=O)N3CCCC3)C2)cc1OC. The first-order chi connectivity index (χ1) is 13.0. The molecule has 2 aliphatic heterocycles. The zero-order chi connectivity index (χ0) is 19.4. The smallest absolute Gasteiger partial charge is 0.320 e. The molecule has 7 heteroatoms. The van der Waals surface area contributed by atoms with Crippen molar-refractivity contribution >= 4 is 17.6 Å². The van der Waals surface area contributed by atoms with Gasteiger partial charge in [0.15, 0.2) is 11.5 Å². The van der Waals surface area contributed by atoms with E-state index in [0.717, 1.165) is 50.9 Å². The van der Waals surface area contributed by atoms with Crippen molar-refractivity contribution in [3.05, 3.63) is 17.7 Å². The van der Waals surface area contributed by atoms with Crippen LogP contribution in [-0.4, -0.2) is 62.1 Å². The molecular formula is C20H29N3O4. The number of methoxy groups -OCH3 is 2. The summed E-state index contributed by atoms with van der Waals surface area (Å²) in [6, 6.07) is 3.70. The van der Waals surface area contributed by atoms with Crippen LogP contribution in [0.5, 0.6) is 11.5 Å². The van der Waals surface area contributed by atoms with Crippen molar-refractivity contribution in [2.75, 3.05) is 45.7 Å². The third kappa shape index (κ3) is 4.28. The standard InChI is InChI=1S/C20H29N3O4/c1-14-11-17(26-2)18(27-3)12-16(14)21-19(24)15-7-6-10-23(13-15)20(25)22-8-4-5-9-22/h11-12,15H,4-10,13H2,1-3H3,(H,21,24)/t15-/m0/s1. The number of anilines is 1. The lowest BCUT2D eigenvalue weighted by atomic mass is 9.97. The number of aryl methyl sites for hydroxylation is 1. The molecule has 3 amide bonds. The van der Waals surface area contributed by atoms with E-state index in [1.54, 1.807) is 20.3 Å². The van der Waals surface area contributed by atoms with Gasteiger partial charge in [0.25, 0.3) is 0 Å². The van der Waals surface area contributed by atoms with E-state index >= 15 is 0 Å². The molecule has 0 aromatic heterocycles. The number of benzene rings is 1. The quantitative estimate of drug-likeness (QED) is 0.878. The van der Waals surface area contributed by atoms with Gasteiger partial charge in [-0.1, -0.05) is 0 Å². The molecular weight excluding hydrogens is 346 g/mol. The van der Waals surface area contributed by atoms with Crippen LogP contribution < -0.4 is 14.8 Å². The van der Waals surface area contributed by atoms with Gasteiger partial charge in [-0.2, -0.15) is 0 Å². The zero-order valence-corrected chi connectivity index (χ0v) is 16.4. The average molecular weight is 375 g/mol. The van der Waals surface area contributed by atoms with Gasteiger partial charge in [0, 0.05) is 37.9 Å². The van der Waals surface area contributed by atoms with Crippen molar-refractivity contribution in [3.8, 4) is 11.5 Å². The van der Waals surface area contributed by atoms with E-state index in [1.807, 2.05) is 22.8 Å². The van der Waals surface area contributed by atoms with Gasteiger partial charge in [0.1, 0.15) is 0 Å². The predicted molar refractivity (Wildman–Crippen MR) is 103 cm³/mol. The molecule has 2 fully saturated rings. The molecule has 2 heterocycles. The highest BCUT2D eigenvalue weighted by Crippen LogP contribution is 2.33. The maximum absolute atomic E-state index is 12.8. The topological polar surface area (TPSA) is 71.1 Å². The summed E-state index contributed by atoms with van der Waals surface area (Å²) in [5, 5.41) is 3.01. The summed E-state index contributed by atoms with van der Waals surface area (Å²) in [5.74, 6) is 0.961. The van der Waals surface area contributed by atoms with E-state index in [2.05, 4.69) is 5.32 Å². The van der Waals surface area contributed by atoms with Gasteiger partial charge in [0.05, 0.1) is 20.1 Å². The Balaban J connectivity index is 1.66. The molecule has 3 rings (SSSR count). The molecule has 1 N–H and O–H groups in total. The largest absolute Gasteiger partial charge is 0.493 e. The maximum atomic E-state index is 12.8. The van der Waals surface area contributed by atoms with Gasteiger partial charge in [-0.15, -0.1) is 0 Å². The van der Waals surface area contributed by atoms with Crippen LogP contribution in [0.3, 0.4) is 0 Å². The van der Waals surface area contributed by atoms with Crippen molar-refractivity contribution in [3.63, 3.8) is 0 Å². The van der Waals surface area contributed by atoms with Crippen molar-refractivity contribution < 1.29 is 19.1 Å². The fourth-order valence-electron chi connectivity index (χ4n) is 3.82. The minimum Gasteiger partial charge on any atom is -0.493 e. The molecule has 2 saturated heterocycles. The number of amides is 3. The van der Waals surface area contributed by atoms with Crippen LogP contribution in [0.4, 0.5) is 10.5 Å². The maximum Gasteiger partial charge on any atom is 0.320 e. The second-order valence-corrected chi connectivity index (χ2v) is 7.27. The molecule has 148 valence electrons. The van der Waals surface area contributed by atoms with Gasteiger partial charge < -0.3 is 24.6 Å². The first-order valence-corrected chi connectivity index (χ1v) is 9.60. The summed E-state index contributed by atoms with van der Waals surface area (Å²) in [7, 11) is 3.16. The van der Waals surface area contributed by atoms with E-state index in [4.69, 9.17) is 9.47 Å². The lowest BCUT2D eigenvalue weighted by Crippen LogP contribution is -2.48. The van der Waals surface area contributed by atoms with Gasteiger partial charge in [0.2, 0.25) is 5.91 Å². The van der Waals surface area contributed by atoms with Crippen LogP contribution in [0.25, 0.3) is 0 Å². The van der Waals surface area contributed by atoms with Crippen LogP contribution in [0.2, 0.25) is 0 Å². The highest BCUT2D eigenvalue weighted by molar-refractivity contribution is 5.94. The minimum atomic E-state index is -0.196. The number of urea groups is 1. The van der Waals surface area contributed by atoms with Crippen LogP contribution in [0.1, 0.15) is 31.2 Å². The fourth-order valence-corrected chi connectivity index (χ4v) is 3.82. The molecule has 27 heavy (non-hydrogen) atoms. The van der Waals surface area contributed by atoms with Gasteiger partial charge in [-0.05, 0) is 44.2 Å². The van der Waals surface area contributed by atoms with Gasteiger partial charge in [-0.25, -0.2) is 4.79 Å². The van der Waals surface area contributed by atoms with Crippen molar-refractivity contribution in [1.29, 1.82) is 0 Å². The summed E-state index contributed by atoms with van der Waals surface area (Å²) in [5.41, 5.74) is 1.61. The van der Waals surface area contributed by atoms with Gasteiger partial charge >= 0.3 is 6.03 Å². The normalized spacial score (nSPS) is 19.7. The number of ether oxygens (including phenoxy) is 2. The van der Waals surface area contributed by atoms with Crippen molar-refractivity contribution in [2.24, 2.45) is 5.92 Å². The Bertz CT molecular complexity index is 701. The molecule has 2 aliphatic rings. The molecule has 0 saturated carbocycles. The summed E-state index contributed by atoms with van der Waals surface area (Å²) in [6.45, 7) is 4.79. The van der Waals surface area contributed by atoms with Crippen LogP contribution in [0.15, 0.2) is 12.1 Å². The lowest BCUT2D eigenvalue weighted by molar-refractivity contribution is -0.121. The fraction of sp³-hybridized carbons (Fsp3) is 0.600. The number of hydrogen-bond acceptors (Lipinski definition) is 4. The Morgan fingerprint density at radius 2 is 1.63 bits per heavy atom. The number of nitrogens with zero attached hydrogens (tertiary/aromatic N) is 2. The second-order valence-electron chi connectivity index (χ2n) is 7.27. The summed E-state index contributed by atoms with van der Waals surface area (Å²) in [4.78, 5) is 29.2. The first-order valence-electron chi connectivity index (χ1n) is 9.60. The first kappa shape index (κ1) is 19.3. The van der Waals surface area contributed by atoms with E-state index in [9.17, 15) is 9.59 Å². The van der Waals surface area contributed by atoms with Crippen molar-refractivity contribution in [1.82, 2.24) is 9.80 Å². The number of rotatable bonds is 4. The second kappa shape index (κ2) is 8.50. The van der Waals surface area contributed by atoms with E-state index in [0.29, 0.717) is 23.7 Å². The molecule has 7 nitrogen and oxygen atoms in total. The molecule has 0 aliphatic carbocycles. The van der Waals surface area contributed by atoms with Crippen LogP contribution >= 0.6 is 0 Å². The molecule has 0 unspecified atom stereocenters. The summed E-state index contributed by atoms with van der Waals surface area (Å²) < 4.78 is 10.6. The Labute approximate surface area is 160 Å². The minimum absolute atomic E-state index is 0.0516. The van der Waals surface area contributed by atoms with E-state index in [-0.39, 0.29) is 17.9 Å². The Morgan fingerprint density at radius 1 is 1.00 bits per heavy atom. The number of piperidine rings is 1. The van der Waals surface area contributed by atoms with Crippen LogP contribution in [0, 0.1) is 12.8 Å². The highest BCUT2D eigenvalue weighted by Gasteiger charge is 2.31. The molecule has 0 spiro atoms. The average Bonchev–Trinajstić information content (AvgIpc) is 3.23. The lowest BCUT2D eigenvalue weighted by Gasteiger charge is -2.34. The number of carbonyl (C=O) groups is 2. The van der Waals surface area contributed by atoms with Crippen LogP contribution in [-0.2, 0) is 4.79 Å². The van der Waals surface area contributed by atoms with E-state index < -0.39 is 0 Å². The number of hydrogen-bond donors (Lipinski definition) is 1. The highest BCUT2D eigenvalue weighted by atomic mass is 16.5. The third-order valence-electron chi connectivity index (χ3n) is 5.43. The number of carbonyl (C=O) groups excluding carboxylic acids is 2. The molecule has 0 radical (unpaired) electrons. The van der Waals surface area contributed by atoms with E-state index in [1.165, 1.54) is 0 Å². The molecule has 0 bridgehead atoms. The predicted octanol–water partition coefficient (Wildman–Crippen LogP) is 2.88. The molecule has 1 aromatic rings. The summed E-state index contributed by atoms with van der Waals surface area (Å²) >= 11 is 0. The Kier molecular flexibility index (Phi) is 6.08. The van der Waals surface area contributed by atoms with Crippen molar-refractivity contribution in [2.45, 2.75) is 32.6 Å². The number of likely N-dealkylation sites (tertiary alicyclic amines) is 2. The van der Waals surface area contributed by atoms with Gasteiger partial charge in [-0.3, -0.25) is 4.79 Å². The molecule has 1 aromatic carbocycles. The monoisotopic (exact) mass is 375 g/mol. The Morgan fingerprint density at radius 3 is 2.30 bits per heavy atom. The number of nitrogens with one attached hydrogen (secondary N) is 1. The third-order valence-corrected chi connectivity index (χ3v) is 5.43. The zero-order valence-electron chi connectivity index (χ0n) is 16.4.